The van der Waals surface area contributed by atoms with Gasteiger partial charge in [-0.05, 0) is 12.1 Å². The van der Waals surface area contributed by atoms with E-state index in [1.807, 2.05) is 0 Å². The Hall–Kier alpha value is -2.02. The zero-order valence-electron chi connectivity index (χ0n) is 10.2. The molecule has 0 unspecified atom stereocenters. The molecule has 0 saturated heterocycles. The van der Waals surface area contributed by atoms with Gasteiger partial charge in [0, 0.05) is 18.1 Å². The van der Waals surface area contributed by atoms with Gasteiger partial charge in [-0.1, -0.05) is 12.1 Å². The summed E-state index contributed by atoms with van der Waals surface area (Å²) in [6.07, 6.45) is 1.78. The van der Waals surface area contributed by atoms with Gasteiger partial charge in [-0.2, -0.15) is 11.8 Å². The third-order valence-electron chi connectivity index (χ3n) is 2.25. The van der Waals surface area contributed by atoms with Gasteiger partial charge in [-0.25, -0.2) is 4.79 Å². The fraction of sp³-hybridized carbons (Fsp3) is 0.250. The molecule has 0 aliphatic rings. The quantitative estimate of drug-likeness (QED) is 0.329. The molecule has 102 valence electrons. The second-order valence-corrected chi connectivity index (χ2v) is 4.70. The number of hydrogen-bond donors (Lipinski definition) is 2. The molecule has 0 aliphatic heterocycles. The van der Waals surface area contributed by atoms with Gasteiger partial charge in [0.1, 0.15) is 11.3 Å². The van der Waals surface area contributed by atoms with Crippen molar-refractivity contribution in [3.05, 3.63) is 46.5 Å². The average Bonchev–Trinajstić information content (AvgIpc) is 2.37. The number of carboxylic acids is 1. The number of carboxylic acid groups (broad SMARTS) is 1. The highest BCUT2D eigenvalue weighted by Gasteiger charge is 2.23. The zero-order valence-corrected chi connectivity index (χ0v) is 11.0. The van der Waals surface area contributed by atoms with Gasteiger partial charge in [0.05, 0.1) is 4.92 Å². The minimum atomic E-state index is -1.31. The van der Waals surface area contributed by atoms with Crippen molar-refractivity contribution in [1.82, 2.24) is 0 Å². The maximum Gasteiger partial charge on any atom is 0.342 e. The Balaban J connectivity index is 2.82. The molecule has 0 amide bonds. The first-order valence-electron chi connectivity index (χ1n) is 5.51. The SMILES string of the molecule is C=CCSCCNc1cccc(C(=O)O)c1[N+](=O)[O-]. The molecule has 1 rings (SSSR count). The molecule has 1 aromatic rings. The topological polar surface area (TPSA) is 92.5 Å². The zero-order chi connectivity index (χ0) is 14.3. The summed E-state index contributed by atoms with van der Waals surface area (Å²) in [4.78, 5) is 21.2. The van der Waals surface area contributed by atoms with Crippen molar-refractivity contribution in [3.8, 4) is 0 Å². The number of nitrogens with one attached hydrogen (secondary N) is 1. The number of nitro benzene ring substituents is 1. The number of carbonyl (C=O) groups is 1. The van der Waals surface area contributed by atoms with Crippen LogP contribution in [0.5, 0.6) is 0 Å². The predicted octanol–water partition coefficient (Wildman–Crippen LogP) is 2.62. The number of hydrogen-bond acceptors (Lipinski definition) is 5. The predicted molar refractivity (Wildman–Crippen MR) is 76.1 cm³/mol. The number of thioether (sulfide) groups is 1. The summed E-state index contributed by atoms with van der Waals surface area (Å²) in [5, 5.41) is 22.8. The van der Waals surface area contributed by atoms with Crippen molar-refractivity contribution in [2.45, 2.75) is 0 Å². The second-order valence-electron chi connectivity index (χ2n) is 3.55. The smallest absolute Gasteiger partial charge is 0.342 e. The first kappa shape index (κ1) is 15.0. The Kier molecular flexibility index (Phi) is 5.87. The van der Waals surface area contributed by atoms with E-state index in [9.17, 15) is 14.9 Å². The Bertz CT molecular complexity index is 491. The van der Waals surface area contributed by atoms with E-state index in [1.54, 1.807) is 17.8 Å². The van der Waals surface area contributed by atoms with Crippen molar-refractivity contribution in [3.63, 3.8) is 0 Å². The number of aromatic carboxylic acids is 1. The standard InChI is InChI=1S/C12H14N2O4S/c1-2-7-19-8-6-13-10-5-3-4-9(12(15)16)11(10)14(17)18/h2-5,13H,1,6-8H2,(H,15,16). The van der Waals surface area contributed by atoms with E-state index in [-0.39, 0.29) is 11.3 Å². The lowest BCUT2D eigenvalue weighted by Gasteiger charge is -2.08. The van der Waals surface area contributed by atoms with Gasteiger partial charge in [-0.3, -0.25) is 10.1 Å². The molecule has 0 bridgehead atoms. The number of nitrogens with zero attached hydrogens (tertiary/aromatic N) is 1. The van der Waals surface area contributed by atoms with Crippen LogP contribution in [-0.4, -0.2) is 34.0 Å². The number of para-hydroxylation sites is 1. The molecule has 0 aliphatic carbocycles. The first-order chi connectivity index (χ1) is 9.07. The van der Waals surface area contributed by atoms with Crippen LogP contribution in [0.3, 0.4) is 0 Å². The van der Waals surface area contributed by atoms with Crippen LogP contribution in [0.15, 0.2) is 30.9 Å². The third-order valence-corrected chi connectivity index (χ3v) is 3.21. The Labute approximate surface area is 114 Å². The summed E-state index contributed by atoms with van der Waals surface area (Å²) < 4.78 is 0. The molecule has 0 atom stereocenters. The lowest BCUT2D eigenvalue weighted by molar-refractivity contribution is -0.384. The van der Waals surface area contributed by atoms with E-state index < -0.39 is 16.6 Å². The Morgan fingerprint density at radius 1 is 1.58 bits per heavy atom. The minimum absolute atomic E-state index is 0.226. The van der Waals surface area contributed by atoms with Crippen molar-refractivity contribution >= 4 is 29.1 Å². The normalized spacial score (nSPS) is 9.89. The molecule has 1 aromatic carbocycles. The van der Waals surface area contributed by atoms with E-state index in [2.05, 4.69) is 11.9 Å². The summed E-state index contributed by atoms with van der Waals surface area (Å²) in [7, 11) is 0. The van der Waals surface area contributed by atoms with Gasteiger partial charge < -0.3 is 10.4 Å². The molecule has 2 N–H and O–H groups in total. The van der Waals surface area contributed by atoms with Gasteiger partial charge in [-0.15, -0.1) is 6.58 Å². The molecular formula is C12H14N2O4S. The molecule has 19 heavy (non-hydrogen) atoms. The highest BCUT2D eigenvalue weighted by Crippen LogP contribution is 2.28. The summed E-state index contributed by atoms with van der Waals surface area (Å²) in [5.41, 5.74) is -0.485. The molecule has 0 saturated carbocycles. The van der Waals surface area contributed by atoms with Gasteiger partial charge >= 0.3 is 11.7 Å². The van der Waals surface area contributed by atoms with Crippen LogP contribution in [0.4, 0.5) is 11.4 Å². The first-order valence-corrected chi connectivity index (χ1v) is 6.66. The van der Waals surface area contributed by atoms with E-state index in [0.717, 1.165) is 11.5 Å². The fourth-order valence-electron chi connectivity index (χ4n) is 1.48. The fourth-order valence-corrected chi connectivity index (χ4v) is 2.06. The van der Waals surface area contributed by atoms with Crippen molar-refractivity contribution in [1.29, 1.82) is 0 Å². The highest BCUT2D eigenvalue weighted by atomic mass is 32.2. The maximum absolute atomic E-state index is 11.0. The van der Waals surface area contributed by atoms with E-state index in [4.69, 9.17) is 5.11 Å². The number of benzene rings is 1. The monoisotopic (exact) mass is 282 g/mol. The van der Waals surface area contributed by atoms with Crippen LogP contribution >= 0.6 is 11.8 Å². The molecule has 0 heterocycles. The van der Waals surface area contributed by atoms with Crippen molar-refractivity contribution in [2.24, 2.45) is 0 Å². The summed E-state index contributed by atoms with van der Waals surface area (Å²) in [6, 6.07) is 4.20. The molecule has 0 fully saturated rings. The number of rotatable bonds is 8. The van der Waals surface area contributed by atoms with Gasteiger partial charge in [0.25, 0.3) is 0 Å². The van der Waals surface area contributed by atoms with Gasteiger partial charge in [0.15, 0.2) is 0 Å². The number of anilines is 1. The maximum atomic E-state index is 11.0. The van der Waals surface area contributed by atoms with Crippen molar-refractivity contribution in [2.75, 3.05) is 23.4 Å². The lowest BCUT2D eigenvalue weighted by atomic mass is 10.1. The number of nitro groups is 1. The molecule has 0 spiro atoms. The average molecular weight is 282 g/mol. The van der Waals surface area contributed by atoms with Crippen LogP contribution < -0.4 is 5.32 Å². The lowest BCUT2D eigenvalue weighted by Crippen LogP contribution is -2.10. The Morgan fingerprint density at radius 2 is 2.32 bits per heavy atom. The molecular weight excluding hydrogens is 268 g/mol. The van der Waals surface area contributed by atoms with Crippen LogP contribution in [0.2, 0.25) is 0 Å². The van der Waals surface area contributed by atoms with E-state index >= 15 is 0 Å². The van der Waals surface area contributed by atoms with Crippen LogP contribution in [0.25, 0.3) is 0 Å². The van der Waals surface area contributed by atoms with E-state index in [0.29, 0.717) is 6.54 Å². The second kappa shape index (κ2) is 7.42. The summed E-state index contributed by atoms with van der Waals surface area (Å²) >= 11 is 1.63. The third kappa shape index (κ3) is 4.29. The minimum Gasteiger partial charge on any atom is -0.477 e. The molecule has 0 aromatic heterocycles. The Morgan fingerprint density at radius 3 is 2.89 bits per heavy atom. The van der Waals surface area contributed by atoms with E-state index in [1.165, 1.54) is 18.2 Å². The van der Waals surface area contributed by atoms with Gasteiger partial charge in [0.2, 0.25) is 0 Å². The molecule has 0 radical (unpaired) electrons. The molecule has 7 heteroatoms. The van der Waals surface area contributed by atoms with Crippen LogP contribution in [0.1, 0.15) is 10.4 Å². The van der Waals surface area contributed by atoms with Crippen molar-refractivity contribution < 1.29 is 14.8 Å². The summed E-state index contributed by atoms with van der Waals surface area (Å²) in [6.45, 7) is 4.11. The highest BCUT2D eigenvalue weighted by molar-refractivity contribution is 7.99. The van der Waals surface area contributed by atoms with Crippen LogP contribution in [0, 0.1) is 10.1 Å². The molecule has 6 nitrogen and oxygen atoms in total. The largest absolute Gasteiger partial charge is 0.477 e. The van der Waals surface area contributed by atoms with Crippen LogP contribution in [-0.2, 0) is 0 Å². The summed E-state index contributed by atoms with van der Waals surface area (Å²) in [5.74, 6) is 0.246.